The van der Waals surface area contributed by atoms with E-state index >= 15 is 0 Å². The van der Waals surface area contributed by atoms with Gasteiger partial charge in [-0.25, -0.2) is 0 Å². The van der Waals surface area contributed by atoms with Crippen LogP contribution in [-0.4, -0.2) is 136 Å². The van der Waals surface area contributed by atoms with E-state index in [1.54, 1.807) is 36.5 Å². The van der Waals surface area contributed by atoms with Crippen molar-refractivity contribution < 1.29 is 48.3 Å². The maximum Gasteiger partial charge on any atom is 0.245 e. The fraction of sp³-hybridized carbons (Fsp3) is 0.519. The molecule has 6 amide bonds. The Kier molecular flexibility index (Phi) is 22.3. The number of fused-ring (bicyclic) bond motifs is 2. The monoisotopic (exact) mass is 1040 g/mol. The molecular formula is C52H73N13O10. The number of aromatic nitrogens is 1. The van der Waals surface area contributed by atoms with Gasteiger partial charge in [0, 0.05) is 87.6 Å². The largest absolute Gasteiger partial charge is 0.391 e. The van der Waals surface area contributed by atoms with Crippen LogP contribution in [0.5, 0.6) is 0 Å². The second-order valence-corrected chi connectivity index (χ2v) is 19.4. The van der Waals surface area contributed by atoms with Gasteiger partial charge in [-0.15, -0.1) is 0 Å². The summed E-state index contributed by atoms with van der Waals surface area (Å²) in [6.07, 6.45) is 0.409. The van der Waals surface area contributed by atoms with Gasteiger partial charge in [-0.05, 0) is 75.0 Å². The van der Waals surface area contributed by atoms with Crippen LogP contribution in [0.4, 0.5) is 0 Å². The number of Topliss-reactive ketones (excluding diaryl/α,β-unsaturated/α-hetero) is 3. The summed E-state index contributed by atoms with van der Waals surface area (Å²) >= 11 is 0. The van der Waals surface area contributed by atoms with Crippen molar-refractivity contribution in [3.05, 3.63) is 71.9 Å². The molecule has 2 aromatic carbocycles. The van der Waals surface area contributed by atoms with E-state index in [1.807, 2.05) is 24.3 Å². The Morgan fingerprint density at radius 3 is 2.16 bits per heavy atom. The molecule has 1 aromatic heterocycles. The number of aliphatic hydroxyl groups excluding tert-OH is 1. The molecular weight excluding hydrogens is 967 g/mol. The summed E-state index contributed by atoms with van der Waals surface area (Å²) < 4.78 is 0. The third-order valence-corrected chi connectivity index (χ3v) is 13.5. The maximum absolute atomic E-state index is 14.8. The molecule has 0 spiro atoms. The Morgan fingerprint density at radius 2 is 1.47 bits per heavy atom. The number of hydrogen-bond donors (Lipinski definition) is 11. The number of H-pyrrole nitrogens is 1. The molecule has 406 valence electrons. The third-order valence-electron chi connectivity index (χ3n) is 13.5. The topological polar surface area (TPSA) is 396 Å². The first-order valence-electron chi connectivity index (χ1n) is 25.5. The molecule has 2 aliphatic rings. The molecule has 0 bridgehead atoms. The van der Waals surface area contributed by atoms with Crippen LogP contribution in [0.25, 0.3) is 10.9 Å². The van der Waals surface area contributed by atoms with Crippen LogP contribution in [0, 0.1) is 11.8 Å². The third kappa shape index (κ3) is 18.3. The zero-order chi connectivity index (χ0) is 54.6. The molecule has 5 rings (SSSR count). The molecule has 23 nitrogen and oxygen atoms in total. The predicted octanol–water partition coefficient (Wildman–Crippen LogP) is -0.459. The minimum absolute atomic E-state index is 0.0137. The molecule has 3 aromatic rings. The summed E-state index contributed by atoms with van der Waals surface area (Å²) in [4.78, 5) is 138. The van der Waals surface area contributed by atoms with E-state index < -0.39 is 95.2 Å². The molecule has 3 heterocycles. The number of nitrogens with zero attached hydrogens (tertiary/aromatic N) is 3. The lowest BCUT2D eigenvalue weighted by molar-refractivity contribution is -0.143. The number of rotatable bonds is 16. The lowest BCUT2D eigenvalue weighted by Gasteiger charge is -2.30. The highest BCUT2D eigenvalue weighted by Gasteiger charge is 2.43. The summed E-state index contributed by atoms with van der Waals surface area (Å²) in [7, 11) is 0. The van der Waals surface area contributed by atoms with Crippen molar-refractivity contribution in [3.63, 3.8) is 0 Å². The molecule has 16 N–H and O–H groups in total. The number of aliphatic hydroxyl groups is 1. The van der Waals surface area contributed by atoms with E-state index in [0.717, 1.165) is 21.4 Å². The van der Waals surface area contributed by atoms with Crippen molar-refractivity contribution in [1.29, 1.82) is 0 Å². The van der Waals surface area contributed by atoms with Gasteiger partial charge in [0.05, 0.1) is 12.1 Å². The lowest BCUT2D eigenvalue weighted by atomic mass is 9.83. The number of para-hydroxylation sites is 1. The first-order valence-corrected chi connectivity index (χ1v) is 25.5. The van der Waals surface area contributed by atoms with E-state index in [4.69, 9.17) is 28.7 Å². The number of nitrogens with one attached hydrogen (secondary N) is 5. The fourth-order valence-electron chi connectivity index (χ4n) is 9.63. The Hall–Kier alpha value is -7.69. The quantitative estimate of drug-likeness (QED) is 0.0492. The SMILES string of the molecule is CC(=O)N[C@@H](CCCN=C(N)N)C(=O)N[C@H]1CCC(=O)CCCC[C@@H](C(N)=O)NC(=O)[C@H](Cc2c[nH]c3ccccc23)CC(=O)[C@H](CCCN=C(N)N)CC(=O)[C@@H](Cc2ccccc2)NC(=O)[C@@H]2C[C@@H](O)CN2C1=O. The van der Waals surface area contributed by atoms with Crippen LogP contribution in [0.2, 0.25) is 0 Å². The van der Waals surface area contributed by atoms with Gasteiger partial charge in [-0.1, -0.05) is 55.0 Å². The summed E-state index contributed by atoms with van der Waals surface area (Å²) in [5.74, 6) is -8.02. The van der Waals surface area contributed by atoms with E-state index in [1.165, 1.54) is 6.92 Å². The molecule has 0 saturated carbocycles. The van der Waals surface area contributed by atoms with Gasteiger partial charge >= 0.3 is 0 Å². The van der Waals surface area contributed by atoms with Crippen molar-refractivity contribution in [2.75, 3.05) is 19.6 Å². The number of benzene rings is 2. The second kappa shape index (κ2) is 28.7. The molecule has 2 saturated heterocycles. The number of ketones is 3. The fourth-order valence-corrected chi connectivity index (χ4v) is 9.63. The number of nitrogens with two attached hydrogens (primary N) is 5. The first kappa shape index (κ1) is 58.2. The van der Waals surface area contributed by atoms with Crippen molar-refractivity contribution in [3.8, 4) is 0 Å². The molecule has 75 heavy (non-hydrogen) atoms. The zero-order valence-corrected chi connectivity index (χ0v) is 42.5. The highest BCUT2D eigenvalue weighted by atomic mass is 16.3. The lowest BCUT2D eigenvalue weighted by Crippen LogP contribution is -2.57. The molecule has 8 atom stereocenters. The van der Waals surface area contributed by atoms with Crippen molar-refractivity contribution in [2.45, 2.75) is 140 Å². The van der Waals surface area contributed by atoms with Crippen LogP contribution in [0.3, 0.4) is 0 Å². The predicted molar refractivity (Wildman–Crippen MR) is 280 cm³/mol. The summed E-state index contributed by atoms with van der Waals surface area (Å²) in [6.45, 7) is 1.14. The van der Waals surface area contributed by atoms with Crippen LogP contribution in [0.15, 0.2) is 70.8 Å². The molecule has 0 radical (unpaired) electrons. The van der Waals surface area contributed by atoms with Crippen LogP contribution >= 0.6 is 0 Å². The highest BCUT2D eigenvalue weighted by Crippen LogP contribution is 2.27. The second-order valence-electron chi connectivity index (χ2n) is 19.4. The Bertz CT molecular complexity index is 2560. The number of aliphatic imine (C=N–C) groups is 2. The molecule has 2 aliphatic heterocycles. The van der Waals surface area contributed by atoms with Crippen LogP contribution in [-0.2, 0) is 56.0 Å². The average molecular weight is 1040 g/mol. The number of hydrogen-bond acceptors (Lipinski definition) is 12. The summed E-state index contributed by atoms with van der Waals surface area (Å²) in [6, 6.07) is 9.86. The van der Waals surface area contributed by atoms with Crippen LogP contribution in [0.1, 0.15) is 102 Å². The Labute approximate surface area is 435 Å². The number of primary amides is 1. The number of amides is 6. The van der Waals surface area contributed by atoms with E-state index in [0.29, 0.717) is 5.56 Å². The van der Waals surface area contributed by atoms with Crippen molar-refractivity contribution in [1.82, 2.24) is 31.2 Å². The number of carbonyl (C=O) groups excluding carboxylic acids is 9. The number of carbonyl (C=O) groups is 9. The Balaban J connectivity index is 1.53. The smallest absolute Gasteiger partial charge is 0.245 e. The first-order chi connectivity index (χ1) is 35.8. The number of aromatic amines is 1. The van der Waals surface area contributed by atoms with E-state index in [2.05, 4.69) is 36.2 Å². The van der Waals surface area contributed by atoms with Crippen molar-refractivity contribution >= 4 is 75.6 Å². The standard InChI is InChI=1S/C52H73N13O10/c1-30(66)61-40(18-10-22-59-52(56)57)48(73)63-41-20-19-35(67)14-5-7-17-39(46(53)71)62-47(72)33(24-34-28-60-38-16-8-6-15-37(34)38)26-44(69)32(13-9-21-58-51(54)55)25-45(70)42(23-31-11-3-2-4-12-31)64-49(74)43-27-36(68)29-65(43)50(41)75/h2-4,6,8,11-12,15-16,28,32-33,36,39-43,60,68H,5,7,9-10,13-14,17-27,29H2,1H3,(H2,53,71)(H,61,66)(H,62,72)(H,63,73)(H,64,74)(H4,54,55,58)(H4,56,57,59)/t32-,33-,36-,39+,40+,41+,42-,43+/m1/s1. The van der Waals surface area contributed by atoms with Crippen molar-refractivity contribution in [2.24, 2.45) is 50.5 Å². The maximum atomic E-state index is 14.8. The molecule has 23 heteroatoms. The summed E-state index contributed by atoms with van der Waals surface area (Å²) in [5, 5.41) is 22.7. The van der Waals surface area contributed by atoms with Gasteiger partial charge in [0.15, 0.2) is 17.7 Å². The van der Waals surface area contributed by atoms with E-state index in [9.17, 15) is 48.3 Å². The number of guanidine groups is 2. The zero-order valence-electron chi connectivity index (χ0n) is 42.5. The van der Waals surface area contributed by atoms with Gasteiger partial charge in [0.2, 0.25) is 35.4 Å². The van der Waals surface area contributed by atoms with Gasteiger partial charge in [-0.3, -0.25) is 53.1 Å². The van der Waals surface area contributed by atoms with Crippen LogP contribution < -0.4 is 49.9 Å². The average Bonchev–Trinajstić information content (AvgIpc) is 3.97. The Morgan fingerprint density at radius 1 is 0.787 bits per heavy atom. The van der Waals surface area contributed by atoms with Gasteiger partial charge in [0.25, 0.3) is 0 Å². The minimum Gasteiger partial charge on any atom is -0.391 e. The van der Waals surface area contributed by atoms with Gasteiger partial charge in [-0.2, -0.15) is 0 Å². The molecule has 2 fully saturated rings. The van der Waals surface area contributed by atoms with Gasteiger partial charge < -0.3 is 64.9 Å². The highest BCUT2D eigenvalue weighted by molar-refractivity contribution is 5.98. The minimum atomic E-state index is -1.43. The molecule has 0 unspecified atom stereocenters. The van der Waals surface area contributed by atoms with Gasteiger partial charge in [0.1, 0.15) is 35.7 Å². The molecule has 0 aliphatic carbocycles. The van der Waals surface area contributed by atoms with E-state index in [-0.39, 0.29) is 134 Å². The summed E-state index contributed by atoms with van der Waals surface area (Å²) in [5.41, 5.74) is 30.1. The normalized spacial score (nSPS) is 23.3.